The van der Waals surface area contributed by atoms with Crippen molar-refractivity contribution in [2.24, 2.45) is 0 Å². The van der Waals surface area contributed by atoms with Crippen LogP contribution in [0.25, 0.3) is 0 Å². The van der Waals surface area contributed by atoms with E-state index in [0.717, 1.165) is 9.99 Å². The number of benzene rings is 2. The van der Waals surface area contributed by atoms with Crippen LogP contribution in [0.3, 0.4) is 0 Å². The second kappa shape index (κ2) is 13.3. The molecule has 1 aromatic heterocycles. The fourth-order valence-corrected chi connectivity index (χ4v) is 5.28. The number of aryl methyl sites for hydroxylation is 1. The van der Waals surface area contributed by atoms with E-state index in [2.05, 4.69) is 15.5 Å². The zero-order valence-electron chi connectivity index (χ0n) is 21.0. The summed E-state index contributed by atoms with van der Waals surface area (Å²) in [6, 6.07) is 12.6. The predicted molar refractivity (Wildman–Crippen MR) is 140 cm³/mol. The van der Waals surface area contributed by atoms with Gasteiger partial charge in [-0.3, -0.25) is 4.31 Å². The molecule has 0 aliphatic rings. The number of sulfonamides is 1. The molecule has 38 heavy (non-hydrogen) atoms. The van der Waals surface area contributed by atoms with Gasteiger partial charge in [-0.05, 0) is 42.8 Å². The van der Waals surface area contributed by atoms with Crippen LogP contribution in [0, 0.1) is 6.92 Å². The molecule has 1 heterocycles. The summed E-state index contributed by atoms with van der Waals surface area (Å²) in [5.74, 6) is 0.462. The van der Waals surface area contributed by atoms with Gasteiger partial charge in [0.05, 0.1) is 44.0 Å². The molecule has 206 valence electrons. The number of nitrogens with zero attached hydrogens (tertiary/aromatic N) is 3. The second-order valence-corrected chi connectivity index (χ2v) is 10.2. The zero-order valence-corrected chi connectivity index (χ0v) is 21.8. The first kappa shape index (κ1) is 29.1. The van der Waals surface area contributed by atoms with Crippen molar-refractivity contribution in [2.75, 3.05) is 43.0 Å². The van der Waals surface area contributed by atoms with E-state index >= 15 is 0 Å². The summed E-state index contributed by atoms with van der Waals surface area (Å²) in [4.78, 5) is -0.161. The Morgan fingerprint density at radius 2 is 1.82 bits per heavy atom. The van der Waals surface area contributed by atoms with Crippen LogP contribution in [0.1, 0.15) is 5.56 Å². The summed E-state index contributed by atoms with van der Waals surface area (Å²) in [5, 5.41) is 50.4. The lowest BCUT2D eigenvalue weighted by atomic mass is 10.1. The Labute approximate surface area is 221 Å². The van der Waals surface area contributed by atoms with Gasteiger partial charge in [-0.15, -0.1) is 0 Å². The summed E-state index contributed by atoms with van der Waals surface area (Å²) < 4.78 is 39.7. The van der Waals surface area contributed by atoms with Crippen LogP contribution in [-0.2, 0) is 10.0 Å². The summed E-state index contributed by atoms with van der Waals surface area (Å²) in [7, 11) is -3.00. The average molecular weight is 549 g/mol. The number of hydrogen-bond donors (Lipinski definition) is 5. The molecular weight excluding hydrogens is 516 g/mol. The van der Waals surface area contributed by atoms with Gasteiger partial charge in [-0.1, -0.05) is 12.1 Å². The number of aromatic nitrogens is 2. The molecule has 2 aromatic carbocycles. The summed E-state index contributed by atoms with van der Waals surface area (Å²) >= 11 is 0. The molecule has 0 saturated heterocycles. The maximum Gasteiger partial charge on any atom is 0.268 e. The molecule has 0 radical (unpaired) electrons. The molecule has 0 aliphatic heterocycles. The van der Waals surface area contributed by atoms with Crippen LogP contribution >= 0.6 is 0 Å². The van der Waals surface area contributed by atoms with Crippen molar-refractivity contribution in [1.82, 2.24) is 10.2 Å². The normalized spacial score (nSPS) is 13.8. The molecule has 0 spiro atoms. The van der Waals surface area contributed by atoms with Gasteiger partial charge in [0.25, 0.3) is 10.0 Å². The Bertz CT molecular complexity index is 1280. The number of ether oxygens (including phenoxy) is 2. The molecule has 0 saturated carbocycles. The monoisotopic (exact) mass is 548 g/mol. The third-order valence-electron chi connectivity index (χ3n) is 5.57. The Morgan fingerprint density at radius 3 is 2.50 bits per heavy atom. The van der Waals surface area contributed by atoms with E-state index in [4.69, 9.17) is 14.6 Å². The summed E-state index contributed by atoms with van der Waals surface area (Å²) in [5.41, 5.74) is 1.59. The van der Waals surface area contributed by atoms with E-state index in [1.165, 1.54) is 31.4 Å². The van der Waals surface area contributed by atoms with Gasteiger partial charge < -0.3 is 35.2 Å². The molecule has 5 N–H and O–H groups in total. The third-order valence-corrected chi connectivity index (χ3v) is 7.41. The predicted octanol–water partition coefficient (Wildman–Crippen LogP) is 0.555. The maximum atomic E-state index is 13.8. The van der Waals surface area contributed by atoms with Crippen LogP contribution in [0.2, 0.25) is 0 Å². The van der Waals surface area contributed by atoms with Crippen LogP contribution in [0.15, 0.2) is 65.8 Å². The molecule has 3 aromatic rings. The van der Waals surface area contributed by atoms with Crippen LogP contribution < -0.4 is 19.1 Å². The maximum absolute atomic E-state index is 13.8. The van der Waals surface area contributed by atoms with Crippen molar-refractivity contribution in [3.8, 4) is 11.5 Å². The van der Waals surface area contributed by atoms with E-state index in [9.17, 15) is 23.7 Å². The number of methoxy groups -OCH3 is 1. The van der Waals surface area contributed by atoms with Gasteiger partial charge in [-0.25, -0.2) is 8.42 Å². The average Bonchev–Trinajstić information content (AvgIpc) is 2.93. The van der Waals surface area contributed by atoms with Gasteiger partial charge in [0.15, 0.2) is 0 Å². The highest BCUT2D eigenvalue weighted by molar-refractivity contribution is 7.93. The number of anilines is 2. The van der Waals surface area contributed by atoms with Gasteiger partial charge >= 0.3 is 0 Å². The first-order valence-corrected chi connectivity index (χ1v) is 13.2. The number of rotatable bonds is 14. The van der Waals surface area contributed by atoms with E-state index < -0.39 is 41.5 Å². The van der Waals surface area contributed by atoms with Crippen molar-refractivity contribution in [3.63, 3.8) is 0 Å². The number of aliphatic hydroxyl groups excluding tert-OH is 4. The largest absolute Gasteiger partial charge is 0.495 e. The van der Waals surface area contributed by atoms with Crippen molar-refractivity contribution in [1.29, 1.82) is 0 Å². The highest BCUT2D eigenvalue weighted by atomic mass is 32.2. The minimum absolute atomic E-state index is 0.0868. The Kier molecular flexibility index (Phi) is 10.2. The smallest absolute Gasteiger partial charge is 0.268 e. The summed E-state index contributed by atoms with van der Waals surface area (Å²) in [6.45, 7) is 0.990. The quantitative estimate of drug-likeness (QED) is 0.178. The lowest BCUT2D eigenvalue weighted by molar-refractivity contribution is -0.0723. The number of para-hydroxylation sites is 1. The standard InChI is InChI=1S/C25H32N4O8S/c1-17-11-19(13-20(12-17)37-10-9-26-18-7-8-27-28-14-18)29(15-21(31)25(33)22(32)16-30)38(34,35)24-6-4-3-5-23(24)36-2/h3-8,11-14,21-22,25,30-33H,9-10,15-16H2,1-2H3,(H,26,27). The highest BCUT2D eigenvalue weighted by Crippen LogP contribution is 2.33. The summed E-state index contributed by atoms with van der Waals surface area (Å²) in [6.07, 6.45) is -2.08. The second-order valence-electron chi connectivity index (χ2n) is 8.41. The van der Waals surface area contributed by atoms with E-state index in [1.807, 2.05) is 0 Å². The lowest BCUT2D eigenvalue weighted by Gasteiger charge is -2.30. The molecule has 3 atom stereocenters. The van der Waals surface area contributed by atoms with Gasteiger partial charge in [0.2, 0.25) is 0 Å². The topological polar surface area (TPSA) is 175 Å². The number of nitrogens with one attached hydrogen (secondary N) is 1. The molecule has 0 aliphatic carbocycles. The molecule has 12 nitrogen and oxygen atoms in total. The zero-order chi connectivity index (χ0) is 27.7. The number of aliphatic hydroxyl groups is 4. The first-order chi connectivity index (χ1) is 18.2. The van der Waals surface area contributed by atoms with E-state index in [1.54, 1.807) is 43.6 Å². The molecule has 13 heteroatoms. The first-order valence-electron chi connectivity index (χ1n) is 11.7. The Hall–Kier alpha value is -3.49. The Morgan fingerprint density at radius 1 is 1.05 bits per heavy atom. The van der Waals surface area contributed by atoms with Crippen LogP contribution in [0.4, 0.5) is 11.4 Å². The van der Waals surface area contributed by atoms with Crippen molar-refractivity contribution in [2.45, 2.75) is 30.1 Å². The SMILES string of the molecule is COc1ccccc1S(=O)(=O)N(CC(O)C(O)C(O)CO)c1cc(C)cc(OCCNc2ccnnc2)c1. The fraction of sp³-hybridized carbons (Fsp3) is 0.360. The molecule has 3 unspecified atom stereocenters. The van der Waals surface area contributed by atoms with Crippen molar-refractivity contribution in [3.05, 3.63) is 66.5 Å². The minimum atomic E-state index is -4.34. The molecule has 3 rings (SSSR count). The van der Waals surface area contributed by atoms with Crippen LogP contribution in [0.5, 0.6) is 11.5 Å². The highest BCUT2D eigenvalue weighted by Gasteiger charge is 2.34. The van der Waals surface area contributed by atoms with Gasteiger partial charge in [0.1, 0.15) is 41.3 Å². The molecule has 0 amide bonds. The molecule has 0 fully saturated rings. The molecule has 0 bridgehead atoms. The van der Waals surface area contributed by atoms with Gasteiger partial charge in [0, 0.05) is 12.6 Å². The minimum Gasteiger partial charge on any atom is -0.495 e. The molecular formula is C25H32N4O8S. The van der Waals surface area contributed by atoms with Crippen molar-refractivity contribution < 1.29 is 38.3 Å². The van der Waals surface area contributed by atoms with E-state index in [0.29, 0.717) is 17.9 Å². The van der Waals surface area contributed by atoms with Crippen molar-refractivity contribution >= 4 is 21.4 Å². The van der Waals surface area contributed by atoms with Gasteiger partial charge in [-0.2, -0.15) is 10.2 Å². The third kappa shape index (κ3) is 7.30. The van der Waals surface area contributed by atoms with E-state index in [-0.39, 0.29) is 22.9 Å². The van der Waals surface area contributed by atoms with Crippen LogP contribution in [-0.4, -0.2) is 90.8 Å². The lowest BCUT2D eigenvalue weighted by Crippen LogP contribution is -2.47. The number of hydrogen-bond acceptors (Lipinski definition) is 11. The fourth-order valence-electron chi connectivity index (χ4n) is 3.65. The Balaban J connectivity index is 1.92.